The molecule has 18 heavy (non-hydrogen) atoms. The second-order valence-electron chi connectivity index (χ2n) is 5.68. The number of hydrogen-bond donors (Lipinski definition) is 1. The van der Waals surface area contributed by atoms with Crippen molar-refractivity contribution in [2.75, 3.05) is 25.4 Å². The molecule has 0 saturated carbocycles. The third-order valence-corrected chi connectivity index (χ3v) is 4.92. The van der Waals surface area contributed by atoms with Crippen LogP contribution in [-0.4, -0.2) is 41.4 Å². The Labute approximate surface area is 116 Å². The fourth-order valence-electron chi connectivity index (χ4n) is 2.50. The molecule has 0 bridgehead atoms. The number of amides is 1. The number of nitrogens with zero attached hydrogens (tertiary/aromatic N) is 1. The van der Waals surface area contributed by atoms with E-state index < -0.39 is 0 Å². The third kappa shape index (κ3) is 5.19. The van der Waals surface area contributed by atoms with Crippen LogP contribution in [-0.2, 0) is 4.79 Å². The number of carbonyl (C=O) groups is 1. The molecular weight excluding hydrogens is 244 g/mol. The van der Waals surface area contributed by atoms with Crippen LogP contribution in [0.25, 0.3) is 0 Å². The summed E-state index contributed by atoms with van der Waals surface area (Å²) in [5, 5.41) is 0.629. The number of nitrogens with two attached hydrogens (primary N) is 1. The van der Waals surface area contributed by atoms with Gasteiger partial charge in [0, 0.05) is 30.5 Å². The largest absolute Gasteiger partial charge is 0.341 e. The normalized spacial score (nSPS) is 22.3. The second kappa shape index (κ2) is 8.05. The number of rotatable bonds is 6. The van der Waals surface area contributed by atoms with Gasteiger partial charge in [0.15, 0.2) is 0 Å². The van der Waals surface area contributed by atoms with E-state index in [1.54, 1.807) is 0 Å². The lowest BCUT2D eigenvalue weighted by atomic mass is 9.93. The van der Waals surface area contributed by atoms with Crippen molar-refractivity contribution in [2.24, 2.45) is 17.6 Å². The fraction of sp³-hybridized carbons (Fsp3) is 0.929. The van der Waals surface area contributed by atoms with E-state index in [9.17, 15) is 4.79 Å². The molecule has 1 aliphatic rings. The van der Waals surface area contributed by atoms with E-state index in [1.807, 2.05) is 16.7 Å². The minimum Gasteiger partial charge on any atom is -0.341 e. The number of carbonyl (C=O) groups excluding carboxylic acids is 1. The molecule has 0 aliphatic carbocycles. The first-order valence-electron chi connectivity index (χ1n) is 7.16. The molecule has 3 nitrogen and oxygen atoms in total. The highest BCUT2D eigenvalue weighted by Gasteiger charge is 2.24. The number of thioether (sulfide) groups is 1. The predicted octanol–water partition coefficient (Wildman–Crippen LogP) is 2.35. The molecule has 0 radical (unpaired) electrons. The van der Waals surface area contributed by atoms with Crippen LogP contribution >= 0.6 is 11.8 Å². The van der Waals surface area contributed by atoms with E-state index in [1.165, 1.54) is 0 Å². The molecule has 0 spiro atoms. The predicted molar refractivity (Wildman–Crippen MR) is 79.7 cm³/mol. The van der Waals surface area contributed by atoms with Gasteiger partial charge in [-0.3, -0.25) is 4.79 Å². The molecule has 1 amide bonds. The Hall–Kier alpha value is -0.220. The lowest BCUT2D eigenvalue weighted by Crippen LogP contribution is -2.42. The van der Waals surface area contributed by atoms with Crippen molar-refractivity contribution in [3.63, 3.8) is 0 Å². The molecule has 1 aliphatic heterocycles. The zero-order valence-corrected chi connectivity index (χ0v) is 12.8. The Morgan fingerprint density at radius 1 is 1.50 bits per heavy atom. The van der Waals surface area contributed by atoms with Crippen LogP contribution in [0.1, 0.15) is 40.0 Å². The van der Waals surface area contributed by atoms with Crippen molar-refractivity contribution >= 4 is 17.7 Å². The van der Waals surface area contributed by atoms with Crippen molar-refractivity contribution in [3.05, 3.63) is 0 Å². The highest BCUT2D eigenvalue weighted by atomic mass is 32.2. The molecule has 1 unspecified atom stereocenters. The van der Waals surface area contributed by atoms with Crippen LogP contribution in [0, 0.1) is 11.8 Å². The topological polar surface area (TPSA) is 46.3 Å². The quantitative estimate of drug-likeness (QED) is 0.807. The average Bonchev–Trinajstić information content (AvgIpc) is 2.37. The number of hydrogen-bond acceptors (Lipinski definition) is 3. The van der Waals surface area contributed by atoms with Gasteiger partial charge in [0.2, 0.25) is 5.91 Å². The third-order valence-electron chi connectivity index (χ3n) is 3.55. The Morgan fingerprint density at radius 3 is 2.78 bits per heavy atom. The molecule has 4 heteroatoms. The van der Waals surface area contributed by atoms with Crippen LogP contribution in [0.5, 0.6) is 0 Å². The maximum Gasteiger partial charge on any atom is 0.222 e. The van der Waals surface area contributed by atoms with Crippen molar-refractivity contribution in [1.29, 1.82) is 0 Å². The standard InChI is InChI=1S/C14H28N2OS/c1-4-13-10-16(5-6-18-13)14(17)8-12(9-15)7-11(2)3/h11-13H,4-10,15H2,1-3H3/t12-,13?/m0/s1. The SMILES string of the molecule is CCC1CN(C(=O)C[C@@H](CN)CC(C)C)CCS1. The molecule has 0 aromatic rings. The van der Waals surface area contributed by atoms with Gasteiger partial charge in [0.05, 0.1) is 0 Å². The van der Waals surface area contributed by atoms with Gasteiger partial charge in [-0.1, -0.05) is 20.8 Å². The summed E-state index contributed by atoms with van der Waals surface area (Å²) in [5.74, 6) is 2.37. The zero-order valence-electron chi connectivity index (χ0n) is 12.0. The van der Waals surface area contributed by atoms with E-state index in [0.29, 0.717) is 36.0 Å². The van der Waals surface area contributed by atoms with Gasteiger partial charge in [-0.05, 0) is 31.2 Å². The first kappa shape index (κ1) is 15.8. The Morgan fingerprint density at radius 2 is 2.22 bits per heavy atom. The van der Waals surface area contributed by atoms with E-state index in [4.69, 9.17) is 5.73 Å². The molecule has 1 heterocycles. The summed E-state index contributed by atoms with van der Waals surface area (Å²) in [6, 6.07) is 0. The maximum atomic E-state index is 12.3. The molecule has 1 rings (SSSR count). The first-order chi connectivity index (χ1) is 8.56. The van der Waals surface area contributed by atoms with E-state index in [-0.39, 0.29) is 0 Å². The van der Waals surface area contributed by atoms with Crippen LogP contribution in [0.15, 0.2) is 0 Å². The van der Waals surface area contributed by atoms with Crippen LogP contribution in [0.2, 0.25) is 0 Å². The zero-order chi connectivity index (χ0) is 13.5. The summed E-state index contributed by atoms with van der Waals surface area (Å²) in [5.41, 5.74) is 5.78. The van der Waals surface area contributed by atoms with Crippen molar-refractivity contribution < 1.29 is 4.79 Å². The second-order valence-corrected chi connectivity index (χ2v) is 7.08. The van der Waals surface area contributed by atoms with Crippen LogP contribution in [0.4, 0.5) is 0 Å². The summed E-state index contributed by atoms with van der Waals surface area (Å²) in [6.07, 6.45) is 2.85. The average molecular weight is 272 g/mol. The summed E-state index contributed by atoms with van der Waals surface area (Å²) in [4.78, 5) is 14.3. The Bertz CT molecular complexity index is 258. The molecule has 2 atom stereocenters. The van der Waals surface area contributed by atoms with Gasteiger partial charge in [0.1, 0.15) is 0 Å². The lowest BCUT2D eigenvalue weighted by molar-refractivity contribution is -0.132. The van der Waals surface area contributed by atoms with Crippen LogP contribution < -0.4 is 5.73 Å². The van der Waals surface area contributed by atoms with E-state index >= 15 is 0 Å². The maximum absolute atomic E-state index is 12.3. The van der Waals surface area contributed by atoms with E-state index in [0.717, 1.165) is 31.7 Å². The molecule has 0 aromatic carbocycles. The Balaban J connectivity index is 2.42. The summed E-state index contributed by atoms with van der Waals surface area (Å²) < 4.78 is 0. The molecule has 1 fully saturated rings. The summed E-state index contributed by atoms with van der Waals surface area (Å²) in [7, 11) is 0. The van der Waals surface area contributed by atoms with Gasteiger partial charge < -0.3 is 10.6 Å². The van der Waals surface area contributed by atoms with Gasteiger partial charge >= 0.3 is 0 Å². The van der Waals surface area contributed by atoms with Crippen LogP contribution in [0.3, 0.4) is 0 Å². The minimum atomic E-state index is 0.310. The molecule has 1 saturated heterocycles. The first-order valence-corrected chi connectivity index (χ1v) is 8.21. The summed E-state index contributed by atoms with van der Waals surface area (Å²) >= 11 is 2.00. The van der Waals surface area contributed by atoms with Gasteiger partial charge in [-0.2, -0.15) is 11.8 Å². The fourth-order valence-corrected chi connectivity index (χ4v) is 3.68. The van der Waals surface area contributed by atoms with Gasteiger partial charge in [-0.25, -0.2) is 0 Å². The van der Waals surface area contributed by atoms with Crippen molar-refractivity contribution in [3.8, 4) is 0 Å². The molecule has 106 valence electrons. The Kier molecular flexibility index (Phi) is 7.08. The smallest absolute Gasteiger partial charge is 0.222 e. The van der Waals surface area contributed by atoms with Gasteiger partial charge in [0.25, 0.3) is 0 Å². The molecule has 2 N–H and O–H groups in total. The lowest BCUT2D eigenvalue weighted by Gasteiger charge is -2.33. The van der Waals surface area contributed by atoms with Crippen molar-refractivity contribution in [1.82, 2.24) is 4.90 Å². The monoisotopic (exact) mass is 272 g/mol. The molecule has 0 aromatic heterocycles. The summed E-state index contributed by atoms with van der Waals surface area (Å²) in [6.45, 7) is 9.06. The highest BCUT2D eigenvalue weighted by Crippen LogP contribution is 2.23. The van der Waals surface area contributed by atoms with Crippen molar-refractivity contribution in [2.45, 2.75) is 45.3 Å². The molecular formula is C14H28N2OS. The van der Waals surface area contributed by atoms with Gasteiger partial charge in [-0.15, -0.1) is 0 Å². The van der Waals surface area contributed by atoms with E-state index in [2.05, 4.69) is 20.8 Å². The highest BCUT2D eigenvalue weighted by molar-refractivity contribution is 8.00. The minimum absolute atomic E-state index is 0.310.